The van der Waals surface area contributed by atoms with Crippen LogP contribution in [0.2, 0.25) is 0 Å². The predicted molar refractivity (Wildman–Crippen MR) is 75.6 cm³/mol. The first-order chi connectivity index (χ1) is 10.0. The lowest BCUT2D eigenvalue weighted by Gasteiger charge is -2.37. The van der Waals surface area contributed by atoms with Crippen molar-refractivity contribution < 1.29 is 14.4 Å². The normalized spacial score (nSPS) is 20.8. The molecule has 0 saturated carbocycles. The van der Waals surface area contributed by atoms with Crippen molar-refractivity contribution in [2.45, 2.75) is 18.4 Å². The summed E-state index contributed by atoms with van der Waals surface area (Å²) in [6.07, 6.45) is 0.918. The molecule has 0 bridgehead atoms. The highest BCUT2D eigenvalue weighted by atomic mass is 16.2. The molecular formula is C15H17N3O3. The lowest BCUT2D eigenvalue weighted by molar-refractivity contribution is -0.131. The van der Waals surface area contributed by atoms with Gasteiger partial charge in [-0.3, -0.25) is 14.5 Å². The Bertz CT molecular complexity index is 591. The Kier molecular flexibility index (Phi) is 3.16. The zero-order valence-corrected chi connectivity index (χ0v) is 11.8. The third-order valence-electron chi connectivity index (χ3n) is 4.29. The summed E-state index contributed by atoms with van der Waals surface area (Å²) in [5.74, 6) is -0.227. The highest BCUT2D eigenvalue weighted by Crippen LogP contribution is 2.29. The number of imide groups is 1. The molecule has 0 radical (unpaired) electrons. The number of nitrogens with one attached hydrogen (secondary N) is 1. The molecule has 6 nitrogen and oxygen atoms in total. The van der Waals surface area contributed by atoms with Crippen molar-refractivity contribution in [3.63, 3.8) is 0 Å². The molecule has 110 valence electrons. The molecule has 2 fully saturated rings. The standard InChI is InChI=1S/C15H17N3O3/c1-17-13(20)15(16-14(17)21)7-9-18(10-8-15)12(19)11-5-3-2-4-6-11/h2-6H,7-10H2,1H3,(H,16,21). The molecule has 0 aliphatic carbocycles. The molecule has 1 N–H and O–H groups in total. The van der Waals surface area contributed by atoms with Gasteiger partial charge in [0.1, 0.15) is 5.54 Å². The van der Waals surface area contributed by atoms with E-state index >= 15 is 0 Å². The van der Waals surface area contributed by atoms with E-state index in [0.29, 0.717) is 31.5 Å². The second-order valence-electron chi connectivity index (χ2n) is 5.53. The predicted octanol–water partition coefficient (Wildman–Crippen LogP) is 0.843. The summed E-state index contributed by atoms with van der Waals surface area (Å²) < 4.78 is 0. The minimum absolute atomic E-state index is 0.0319. The Morgan fingerprint density at radius 3 is 2.29 bits per heavy atom. The Morgan fingerprint density at radius 1 is 1.14 bits per heavy atom. The molecule has 2 aliphatic rings. The molecule has 2 aliphatic heterocycles. The fourth-order valence-corrected chi connectivity index (χ4v) is 2.95. The molecule has 4 amide bonds. The van der Waals surface area contributed by atoms with Crippen molar-refractivity contribution in [1.29, 1.82) is 0 Å². The molecule has 6 heteroatoms. The Balaban J connectivity index is 1.70. The lowest BCUT2D eigenvalue weighted by Crippen LogP contribution is -2.55. The van der Waals surface area contributed by atoms with E-state index < -0.39 is 5.54 Å². The van der Waals surface area contributed by atoms with Crippen LogP contribution >= 0.6 is 0 Å². The number of likely N-dealkylation sites (tertiary alicyclic amines) is 1. The third-order valence-corrected chi connectivity index (χ3v) is 4.29. The third kappa shape index (κ3) is 2.16. The van der Waals surface area contributed by atoms with E-state index in [0.717, 1.165) is 4.90 Å². The monoisotopic (exact) mass is 287 g/mol. The van der Waals surface area contributed by atoms with Gasteiger partial charge in [0.25, 0.3) is 11.8 Å². The minimum atomic E-state index is -0.820. The molecule has 2 heterocycles. The van der Waals surface area contributed by atoms with Crippen LogP contribution in [0.25, 0.3) is 0 Å². The van der Waals surface area contributed by atoms with Crippen molar-refractivity contribution in [1.82, 2.24) is 15.1 Å². The second-order valence-corrected chi connectivity index (χ2v) is 5.53. The van der Waals surface area contributed by atoms with Crippen LogP contribution in [-0.4, -0.2) is 53.3 Å². The molecule has 3 rings (SSSR count). The van der Waals surface area contributed by atoms with Crippen LogP contribution < -0.4 is 5.32 Å². The van der Waals surface area contributed by atoms with Gasteiger partial charge < -0.3 is 10.2 Å². The minimum Gasteiger partial charge on any atom is -0.338 e. The maximum Gasteiger partial charge on any atom is 0.324 e. The Hall–Kier alpha value is -2.37. The van der Waals surface area contributed by atoms with Gasteiger partial charge in [0.2, 0.25) is 0 Å². The topological polar surface area (TPSA) is 69.7 Å². The van der Waals surface area contributed by atoms with Crippen molar-refractivity contribution in [3.05, 3.63) is 35.9 Å². The van der Waals surface area contributed by atoms with E-state index in [1.165, 1.54) is 7.05 Å². The van der Waals surface area contributed by atoms with E-state index in [1.54, 1.807) is 17.0 Å². The molecule has 1 spiro atoms. The maximum atomic E-state index is 12.4. The highest BCUT2D eigenvalue weighted by Gasteiger charge is 2.51. The second kappa shape index (κ2) is 4.87. The molecule has 0 aromatic heterocycles. The van der Waals surface area contributed by atoms with Gasteiger partial charge in [-0.25, -0.2) is 4.79 Å². The number of rotatable bonds is 1. The summed E-state index contributed by atoms with van der Waals surface area (Å²) in [4.78, 5) is 39.0. The summed E-state index contributed by atoms with van der Waals surface area (Å²) in [6, 6.07) is 8.72. The number of carbonyl (C=O) groups excluding carboxylic acids is 3. The van der Waals surface area contributed by atoms with E-state index in [9.17, 15) is 14.4 Å². The largest absolute Gasteiger partial charge is 0.338 e. The van der Waals surface area contributed by atoms with Crippen LogP contribution in [0.5, 0.6) is 0 Å². The smallest absolute Gasteiger partial charge is 0.324 e. The molecule has 0 unspecified atom stereocenters. The summed E-state index contributed by atoms with van der Waals surface area (Å²) in [6.45, 7) is 0.932. The summed E-state index contributed by atoms with van der Waals surface area (Å²) >= 11 is 0. The first-order valence-electron chi connectivity index (χ1n) is 6.98. The van der Waals surface area contributed by atoms with E-state index in [4.69, 9.17) is 0 Å². The fourth-order valence-electron chi connectivity index (χ4n) is 2.95. The Labute approximate surface area is 122 Å². The number of amides is 4. The Morgan fingerprint density at radius 2 is 1.76 bits per heavy atom. The van der Waals surface area contributed by atoms with Crippen LogP contribution in [0.1, 0.15) is 23.2 Å². The van der Waals surface area contributed by atoms with E-state index in [1.807, 2.05) is 18.2 Å². The van der Waals surface area contributed by atoms with Gasteiger partial charge in [0.05, 0.1) is 0 Å². The van der Waals surface area contributed by atoms with Crippen LogP contribution in [0.15, 0.2) is 30.3 Å². The number of carbonyl (C=O) groups is 3. The summed E-state index contributed by atoms with van der Waals surface area (Å²) in [5, 5.41) is 2.77. The average Bonchev–Trinajstić information content (AvgIpc) is 2.73. The van der Waals surface area contributed by atoms with Gasteiger partial charge in [0.15, 0.2) is 0 Å². The van der Waals surface area contributed by atoms with Gasteiger partial charge in [-0.1, -0.05) is 18.2 Å². The zero-order chi connectivity index (χ0) is 15.0. The van der Waals surface area contributed by atoms with Gasteiger partial charge in [-0.2, -0.15) is 0 Å². The highest BCUT2D eigenvalue weighted by molar-refractivity contribution is 6.07. The van der Waals surface area contributed by atoms with Gasteiger partial charge in [-0.05, 0) is 25.0 Å². The SMILES string of the molecule is CN1C(=O)NC2(CCN(C(=O)c3ccccc3)CC2)C1=O. The van der Waals surface area contributed by atoms with Gasteiger partial charge in [0, 0.05) is 25.7 Å². The average molecular weight is 287 g/mol. The number of hydrogen-bond acceptors (Lipinski definition) is 3. The van der Waals surface area contributed by atoms with Crippen molar-refractivity contribution in [2.75, 3.05) is 20.1 Å². The number of hydrogen-bond donors (Lipinski definition) is 1. The fraction of sp³-hybridized carbons (Fsp3) is 0.400. The number of likely N-dealkylation sites (N-methyl/N-ethyl adjacent to an activating group) is 1. The van der Waals surface area contributed by atoms with Crippen molar-refractivity contribution in [3.8, 4) is 0 Å². The van der Waals surface area contributed by atoms with Crippen molar-refractivity contribution in [2.24, 2.45) is 0 Å². The molecular weight excluding hydrogens is 270 g/mol. The van der Waals surface area contributed by atoms with E-state index in [2.05, 4.69) is 5.32 Å². The summed E-state index contributed by atoms with van der Waals surface area (Å²) in [5.41, 5.74) is -0.174. The van der Waals surface area contributed by atoms with Crippen LogP contribution in [-0.2, 0) is 4.79 Å². The molecule has 21 heavy (non-hydrogen) atoms. The van der Waals surface area contributed by atoms with Gasteiger partial charge >= 0.3 is 6.03 Å². The van der Waals surface area contributed by atoms with E-state index in [-0.39, 0.29) is 17.8 Å². The molecule has 1 aromatic carbocycles. The maximum absolute atomic E-state index is 12.4. The number of nitrogens with zero attached hydrogens (tertiary/aromatic N) is 2. The van der Waals surface area contributed by atoms with Crippen LogP contribution in [0.4, 0.5) is 4.79 Å². The van der Waals surface area contributed by atoms with Gasteiger partial charge in [-0.15, -0.1) is 0 Å². The lowest BCUT2D eigenvalue weighted by atomic mass is 9.87. The molecule has 1 aromatic rings. The first kappa shape index (κ1) is 13.6. The summed E-state index contributed by atoms with van der Waals surface area (Å²) in [7, 11) is 1.48. The first-order valence-corrected chi connectivity index (χ1v) is 6.98. The van der Waals surface area contributed by atoms with Crippen LogP contribution in [0.3, 0.4) is 0 Å². The molecule has 2 saturated heterocycles. The van der Waals surface area contributed by atoms with Crippen molar-refractivity contribution >= 4 is 17.8 Å². The molecule has 0 atom stereocenters. The number of piperidine rings is 1. The number of benzene rings is 1. The quantitative estimate of drug-likeness (QED) is 0.778. The zero-order valence-electron chi connectivity index (χ0n) is 11.8. The number of urea groups is 1. The van der Waals surface area contributed by atoms with Crippen LogP contribution in [0, 0.1) is 0 Å².